The molecule has 1 amide bonds. The highest BCUT2D eigenvalue weighted by Crippen LogP contribution is 2.30. The molecule has 2 aliphatic rings. The summed E-state index contributed by atoms with van der Waals surface area (Å²) < 4.78 is 16.0. The lowest BCUT2D eigenvalue weighted by Gasteiger charge is -2.33. The molecule has 1 aromatic carbocycles. The third-order valence-electron chi connectivity index (χ3n) is 5.94. The number of piperidine rings is 1. The van der Waals surface area contributed by atoms with E-state index in [-0.39, 0.29) is 5.60 Å². The Balaban J connectivity index is 0.000000331. The second kappa shape index (κ2) is 15.5. The van der Waals surface area contributed by atoms with E-state index in [4.69, 9.17) is 24.6 Å². The summed E-state index contributed by atoms with van der Waals surface area (Å²) in [6.45, 7) is 12.5. The van der Waals surface area contributed by atoms with Crippen LogP contribution in [-0.4, -0.2) is 87.1 Å². The SMILES string of the molecule is CCN1CCC(CCN(C=O)CC(C)(C)OC)CC1.CO.N#Cc1ccc2c(c1)OCCO2. The Bertz CT molecular complexity index is 727. The molecule has 1 N–H and O–H groups in total. The molecular weight excluding hydrogens is 422 g/mol. The van der Waals surface area contributed by atoms with Crippen molar-refractivity contribution in [3.8, 4) is 17.6 Å². The highest BCUT2D eigenvalue weighted by atomic mass is 16.6. The minimum atomic E-state index is -0.257. The van der Waals surface area contributed by atoms with Gasteiger partial charge < -0.3 is 29.1 Å². The number of fused-ring (bicyclic) bond motifs is 1. The van der Waals surface area contributed by atoms with E-state index in [1.807, 2.05) is 24.8 Å². The number of nitrogens with zero attached hydrogens (tertiary/aromatic N) is 3. The number of nitriles is 1. The fourth-order valence-corrected chi connectivity index (χ4v) is 3.78. The summed E-state index contributed by atoms with van der Waals surface area (Å²) in [7, 11) is 2.70. The molecule has 33 heavy (non-hydrogen) atoms. The third kappa shape index (κ3) is 10.4. The summed E-state index contributed by atoms with van der Waals surface area (Å²) in [4.78, 5) is 15.5. The van der Waals surface area contributed by atoms with Crippen LogP contribution in [-0.2, 0) is 9.53 Å². The molecule has 0 bridgehead atoms. The van der Waals surface area contributed by atoms with E-state index >= 15 is 0 Å². The summed E-state index contributed by atoms with van der Waals surface area (Å²) in [5.41, 5.74) is 0.339. The van der Waals surface area contributed by atoms with Crippen LogP contribution in [0.1, 0.15) is 45.6 Å². The van der Waals surface area contributed by atoms with Gasteiger partial charge in [0, 0.05) is 33.4 Å². The first kappa shape index (κ1) is 28.7. The molecule has 0 spiro atoms. The average Bonchev–Trinajstić information content (AvgIpc) is 2.88. The Hall–Kier alpha value is -2.34. The van der Waals surface area contributed by atoms with Crippen LogP contribution in [0.3, 0.4) is 0 Å². The zero-order valence-corrected chi connectivity index (χ0v) is 20.9. The van der Waals surface area contributed by atoms with Gasteiger partial charge in [0.25, 0.3) is 0 Å². The van der Waals surface area contributed by atoms with Crippen molar-refractivity contribution < 1.29 is 24.1 Å². The highest BCUT2D eigenvalue weighted by molar-refractivity contribution is 5.47. The first-order valence-corrected chi connectivity index (χ1v) is 11.6. The number of benzene rings is 1. The zero-order chi connectivity index (χ0) is 24.7. The lowest BCUT2D eigenvalue weighted by atomic mass is 9.93. The van der Waals surface area contributed by atoms with E-state index in [1.54, 1.807) is 25.3 Å². The van der Waals surface area contributed by atoms with Crippen LogP contribution in [0.4, 0.5) is 0 Å². The van der Waals surface area contributed by atoms with Gasteiger partial charge in [0.1, 0.15) is 13.2 Å². The Kier molecular flexibility index (Phi) is 13.5. The van der Waals surface area contributed by atoms with Crippen LogP contribution in [0.15, 0.2) is 18.2 Å². The standard InChI is InChI=1S/C15H30N2O2.C9H7NO2.CH4O/c1-5-16-9-6-14(7-10-16)8-11-17(13-18)12-15(2,3)19-4;10-6-7-1-2-8-9(5-7)12-4-3-11-8;1-2/h13-14H,5-12H2,1-4H3;1-2,5H,3-4H2;2H,1H3. The maximum atomic E-state index is 11.1. The second-order valence-corrected chi connectivity index (χ2v) is 8.68. The van der Waals surface area contributed by atoms with E-state index in [1.165, 1.54) is 25.9 Å². The molecule has 8 heteroatoms. The van der Waals surface area contributed by atoms with Gasteiger partial charge >= 0.3 is 0 Å². The minimum absolute atomic E-state index is 0.257. The number of amides is 1. The van der Waals surface area contributed by atoms with Gasteiger partial charge in [-0.15, -0.1) is 0 Å². The minimum Gasteiger partial charge on any atom is -0.486 e. The van der Waals surface area contributed by atoms with E-state index in [0.717, 1.165) is 44.7 Å². The molecule has 3 rings (SSSR count). The van der Waals surface area contributed by atoms with Crippen molar-refractivity contribution in [1.82, 2.24) is 9.80 Å². The summed E-state index contributed by atoms with van der Waals surface area (Å²) in [6, 6.07) is 7.20. The number of aliphatic hydroxyl groups is 1. The topological polar surface area (TPSA) is 95.3 Å². The largest absolute Gasteiger partial charge is 0.486 e. The molecule has 0 atom stereocenters. The predicted molar refractivity (Wildman–Crippen MR) is 128 cm³/mol. The highest BCUT2D eigenvalue weighted by Gasteiger charge is 2.22. The Morgan fingerprint density at radius 1 is 1.24 bits per heavy atom. The lowest BCUT2D eigenvalue weighted by Crippen LogP contribution is -2.41. The molecule has 0 unspecified atom stereocenters. The number of hydrogen-bond donors (Lipinski definition) is 1. The van der Waals surface area contributed by atoms with Crippen LogP contribution in [0.25, 0.3) is 0 Å². The molecule has 0 aliphatic carbocycles. The van der Waals surface area contributed by atoms with Crippen molar-refractivity contribution in [3.05, 3.63) is 23.8 Å². The number of ether oxygens (including phenoxy) is 3. The van der Waals surface area contributed by atoms with E-state index < -0.39 is 0 Å². The zero-order valence-electron chi connectivity index (χ0n) is 20.9. The van der Waals surface area contributed by atoms with Crippen molar-refractivity contribution in [3.63, 3.8) is 0 Å². The summed E-state index contributed by atoms with van der Waals surface area (Å²) in [6.07, 6.45) is 4.63. The van der Waals surface area contributed by atoms with E-state index in [2.05, 4.69) is 11.8 Å². The maximum Gasteiger partial charge on any atom is 0.209 e. The number of carbonyl (C=O) groups is 1. The van der Waals surface area contributed by atoms with Crippen molar-refractivity contribution >= 4 is 6.41 Å². The first-order chi connectivity index (χ1) is 15.9. The lowest BCUT2D eigenvalue weighted by molar-refractivity contribution is -0.122. The predicted octanol–water partition coefficient (Wildman–Crippen LogP) is 2.93. The Morgan fingerprint density at radius 3 is 2.42 bits per heavy atom. The number of carbonyl (C=O) groups excluding carboxylic acids is 1. The van der Waals surface area contributed by atoms with Gasteiger partial charge in [0.15, 0.2) is 11.5 Å². The van der Waals surface area contributed by atoms with Crippen molar-refractivity contribution in [2.24, 2.45) is 5.92 Å². The molecular formula is C25H41N3O5. The molecule has 2 aliphatic heterocycles. The van der Waals surface area contributed by atoms with Gasteiger partial charge in [0.05, 0.1) is 17.2 Å². The van der Waals surface area contributed by atoms with Gasteiger partial charge in [-0.2, -0.15) is 5.26 Å². The molecule has 8 nitrogen and oxygen atoms in total. The summed E-state index contributed by atoms with van der Waals surface area (Å²) in [5.74, 6) is 2.16. The second-order valence-electron chi connectivity index (χ2n) is 8.68. The number of rotatable bonds is 8. The molecule has 186 valence electrons. The number of methoxy groups -OCH3 is 1. The quantitative estimate of drug-likeness (QED) is 0.592. The number of aliphatic hydroxyl groups excluding tert-OH is 1. The van der Waals surface area contributed by atoms with Gasteiger partial charge in [-0.05, 0) is 70.8 Å². The first-order valence-electron chi connectivity index (χ1n) is 11.6. The number of hydrogen-bond acceptors (Lipinski definition) is 7. The molecule has 1 saturated heterocycles. The van der Waals surface area contributed by atoms with Crippen LogP contribution >= 0.6 is 0 Å². The maximum absolute atomic E-state index is 11.1. The molecule has 0 radical (unpaired) electrons. The van der Waals surface area contributed by atoms with E-state index in [9.17, 15) is 4.79 Å². The van der Waals surface area contributed by atoms with Gasteiger partial charge in [0.2, 0.25) is 6.41 Å². The average molecular weight is 464 g/mol. The van der Waals surface area contributed by atoms with Crippen LogP contribution in [0.2, 0.25) is 0 Å². The fraction of sp³-hybridized carbons (Fsp3) is 0.680. The third-order valence-corrected chi connectivity index (χ3v) is 5.94. The van der Waals surface area contributed by atoms with Crippen molar-refractivity contribution in [1.29, 1.82) is 5.26 Å². The molecule has 1 aromatic rings. The number of likely N-dealkylation sites (tertiary alicyclic amines) is 1. The Morgan fingerprint density at radius 2 is 1.88 bits per heavy atom. The van der Waals surface area contributed by atoms with Crippen molar-refractivity contribution in [2.45, 2.75) is 45.6 Å². The smallest absolute Gasteiger partial charge is 0.209 e. The van der Waals surface area contributed by atoms with Crippen LogP contribution in [0.5, 0.6) is 11.5 Å². The summed E-state index contributed by atoms with van der Waals surface area (Å²) >= 11 is 0. The van der Waals surface area contributed by atoms with E-state index in [0.29, 0.717) is 31.1 Å². The van der Waals surface area contributed by atoms with Gasteiger partial charge in [-0.3, -0.25) is 4.79 Å². The van der Waals surface area contributed by atoms with Gasteiger partial charge in [-0.1, -0.05) is 6.92 Å². The Labute approximate surface area is 199 Å². The monoisotopic (exact) mass is 463 g/mol. The molecule has 2 heterocycles. The van der Waals surface area contributed by atoms with Crippen molar-refractivity contribution in [2.75, 3.05) is 60.2 Å². The van der Waals surface area contributed by atoms with Gasteiger partial charge in [-0.25, -0.2) is 0 Å². The fourth-order valence-electron chi connectivity index (χ4n) is 3.78. The molecule has 1 fully saturated rings. The normalized spacial score (nSPS) is 15.8. The summed E-state index contributed by atoms with van der Waals surface area (Å²) in [5, 5.41) is 15.6. The molecule has 0 aromatic heterocycles. The van der Waals surface area contributed by atoms with Crippen LogP contribution in [0, 0.1) is 17.2 Å². The molecule has 0 saturated carbocycles. The van der Waals surface area contributed by atoms with Crippen LogP contribution < -0.4 is 9.47 Å².